The molecule has 12 heteroatoms. The van der Waals surface area contributed by atoms with Crippen molar-refractivity contribution in [3.63, 3.8) is 0 Å². The number of alkyl halides is 1. The van der Waals surface area contributed by atoms with Crippen LogP contribution < -0.4 is 11.5 Å². The summed E-state index contributed by atoms with van der Waals surface area (Å²) in [6.07, 6.45) is -3.07. The van der Waals surface area contributed by atoms with Crippen LogP contribution in [0.15, 0.2) is 11.2 Å². The predicted octanol–water partition coefficient (Wildman–Crippen LogP) is -2.71. The summed E-state index contributed by atoms with van der Waals surface area (Å²) < 4.78 is 12.3. The lowest BCUT2D eigenvalue weighted by molar-refractivity contribution is -0.280. The smallest absolute Gasteiger partial charge is 0.186 e. The summed E-state index contributed by atoms with van der Waals surface area (Å²) in [5.74, 6) is 0.123. The Balaban J connectivity index is 2.21. The summed E-state index contributed by atoms with van der Waals surface area (Å²) in [4.78, 5) is 3.81. The molecule has 11 nitrogen and oxygen atoms in total. The van der Waals surface area contributed by atoms with Gasteiger partial charge in [-0.25, -0.2) is 9.67 Å². The van der Waals surface area contributed by atoms with Crippen LogP contribution in [0.5, 0.6) is 0 Å². The Kier molecular flexibility index (Phi) is 6.71. The fourth-order valence-electron chi connectivity index (χ4n) is 2.35. The Morgan fingerprint density at radius 1 is 1.42 bits per heavy atom. The first-order chi connectivity index (χ1) is 11.5. The van der Waals surface area contributed by atoms with Gasteiger partial charge in [-0.3, -0.25) is 0 Å². The zero-order chi connectivity index (χ0) is 17.7. The van der Waals surface area contributed by atoms with Crippen molar-refractivity contribution in [3.05, 3.63) is 11.9 Å². The summed E-state index contributed by atoms with van der Waals surface area (Å²) in [5.41, 5.74) is 11.0. The maximum absolute atomic E-state index is 10.4. The highest BCUT2D eigenvalue weighted by atomic mass is 35.5. The van der Waals surface area contributed by atoms with Crippen molar-refractivity contribution in [2.45, 2.75) is 37.2 Å². The number of nitrogens with two attached hydrogens (primary N) is 2. The average Bonchev–Trinajstić information content (AvgIpc) is 3.02. The number of aliphatic hydroxyl groups is 3. The third-order valence-electron chi connectivity index (χ3n) is 3.49. The van der Waals surface area contributed by atoms with E-state index in [-0.39, 0.29) is 25.0 Å². The molecule has 1 aromatic heterocycles. The van der Waals surface area contributed by atoms with Gasteiger partial charge in [0.05, 0.1) is 26.0 Å². The molecule has 2 heterocycles. The number of guanidine groups is 1. The van der Waals surface area contributed by atoms with E-state index in [1.807, 2.05) is 0 Å². The standard InChI is InChI=1S/C12H21ClN6O5/c13-1-2-23-11-8(10(22)9(21)7(5-20)24-11)19-4-6(17-18-19)3-16-12(14)15/h4,7-11,20-22H,1-3,5H2,(H4,14,15,16)/t7?,8?,9-,10-,11+/m1/s1. The number of nitrogens with zero attached hydrogens (tertiary/aromatic N) is 4. The molecule has 1 fully saturated rings. The number of hydrogen-bond donors (Lipinski definition) is 5. The molecule has 1 aromatic rings. The third-order valence-corrected chi connectivity index (χ3v) is 3.65. The van der Waals surface area contributed by atoms with E-state index in [1.165, 1.54) is 10.9 Å². The number of aliphatic hydroxyl groups excluding tert-OH is 3. The van der Waals surface area contributed by atoms with Crippen molar-refractivity contribution >= 4 is 17.6 Å². The first-order valence-electron chi connectivity index (χ1n) is 7.24. The van der Waals surface area contributed by atoms with E-state index in [2.05, 4.69) is 15.3 Å². The van der Waals surface area contributed by atoms with Gasteiger partial charge in [-0.05, 0) is 0 Å². The zero-order valence-electron chi connectivity index (χ0n) is 12.8. The van der Waals surface area contributed by atoms with Crippen LogP contribution in [0.2, 0.25) is 0 Å². The average molecular weight is 365 g/mol. The SMILES string of the molecule is NC(N)=NCc1cn(C2[C@@H](OCCCl)OC(CO)[C@@H](O)[C@@H]2O)nn1. The van der Waals surface area contributed by atoms with Gasteiger partial charge in [0.2, 0.25) is 0 Å². The second kappa shape index (κ2) is 8.55. The molecule has 1 saturated heterocycles. The summed E-state index contributed by atoms with van der Waals surface area (Å²) in [5, 5.41) is 37.5. The molecule has 0 radical (unpaired) electrons. The molecular weight excluding hydrogens is 344 g/mol. The van der Waals surface area contributed by atoms with Crippen molar-refractivity contribution < 1.29 is 24.8 Å². The molecular formula is C12H21ClN6O5. The maximum atomic E-state index is 10.4. The molecule has 2 rings (SSSR count). The summed E-state index contributed by atoms with van der Waals surface area (Å²) in [7, 11) is 0. The molecule has 24 heavy (non-hydrogen) atoms. The normalized spacial score (nSPS) is 30.2. The van der Waals surface area contributed by atoms with Crippen LogP contribution in [0, 0.1) is 0 Å². The van der Waals surface area contributed by atoms with Crippen LogP contribution in [0.1, 0.15) is 11.7 Å². The van der Waals surface area contributed by atoms with E-state index in [1.54, 1.807) is 0 Å². The lowest BCUT2D eigenvalue weighted by Crippen LogP contribution is -2.57. The predicted molar refractivity (Wildman–Crippen MR) is 83.0 cm³/mol. The number of aromatic nitrogens is 3. The monoisotopic (exact) mass is 364 g/mol. The van der Waals surface area contributed by atoms with E-state index in [0.29, 0.717) is 5.69 Å². The number of hydrogen-bond acceptors (Lipinski definition) is 8. The van der Waals surface area contributed by atoms with Crippen LogP contribution >= 0.6 is 11.6 Å². The van der Waals surface area contributed by atoms with Crippen molar-refractivity contribution in [3.8, 4) is 0 Å². The molecule has 0 saturated carbocycles. The van der Waals surface area contributed by atoms with Crippen molar-refractivity contribution in [1.82, 2.24) is 15.0 Å². The highest BCUT2D eigenvalue weighted by molar-refractivity contribution is 6.17. The number of ether oxygens (including phenoxy) is 2. The Bertz CT molecular complexity index is 554. The van der Waals surface area contributed by atoms with Gasteiger partial charge in [-0.15, -0.1) is 16.7 Å². The first-order valence-corrected chi connectivity index (χ1v) is 7.77. The minimum Gasteiger partial charge on any atom is -0.394 e. The van der Waals surface area contributed by atoms with Crippen molar-refractivity contribution in [2.24, 2.45) is 16.5 Å². The molecule has 1 aliphatic heterocycles. The van der Waals surface area contributed by atoms with E-state index < -0.39 is 37.3 Å². The van der Waals surface area contributed by atoms with Crippen LogP contribution in [0.3, 0.4) is 0 Å². The molecule has 7 N–H and O–H groups in total. The van der Waals surface area contributed by atoms with Crippen molar-refractivity contribution in [1.29, 1.82) is 0 Å². The van der Waals surface area contributed by atoms with E-state index >= 15 is 0 Å². The fourth-order valence-corrected chi connectivity index (χ4v) is 2.44. The van der Waals surface area contributed by atoms with Gasteiger partial charge in [0.15, 0.2) is 12.2 Å². The topological polar surface area (TPSA) is 174 Å². The summed E-state index contributed by atoms with van der Waals surface area (Å²) in [6, 6.07) is -0.883. The van der Waals surface area contributed by atoms with Gasteiger partial charge in [0, 0.05) is 5.88 Å². The Morgan fingerprint density at radius 3 is 2.79 bits per heavy atom. The van der Waals surface area contributed by atoms with E-state index in [9.17, 15) is 15.3 Å². The minimum atomic E-state index is -1.32. The highest BCUT2D eigenvalue weighted by Crippen LogP contribution is 2.30. The zero-order valence-corrected chi connectivity index (χ0v) is 13.5. The Hall–Kier alpha value is -1.50. The lowest BCUT2D eigenvalue weighted by Gasteiger charge is -2.41. The lowest BCUT2D eigenvalue weighted by atomic mass is 9.97. The van der Waals surface area contributed by atoms with Crippen LogP contribution in [-0.2, 0) is 16.0 Å². The largest absolute Gasteiger partial charge is 0.394 e. The molecule has 0 aromatic carbocycles. The Labute approximate surface area is 142 Å². The Morgan fingerprint density at radius 2 is 2.17 bits per heavy atom. The van der Waals surface area contributed by atoms with Gasteiger partial charge in [0.1, 0.15) is 30.0 Å². The van der Waals surface area contributed by atoms with Crippen molar-refractivity contribution in [2.75, 3.05) is 19.1 Å². The molecule has 0 bridgehead atoms. The molecule has 0 spiro atoms. The summed E-state index contributed by atoms with van der Waals surface area (Å²) in [6.45, 7) is -0.209. The van der Waals surface area contributed by atoms with Gasteiger partial charge >= 0.3 is 0 Å². The number of aliphatic imine (C=N–C) groups is 1. The van der Waals surface area contributed by atoms with Gasteiger partial charge in [-0.1, -0.05) is 5.21 Å². The fraction of sp³-hybridized carbons (Fsp3) is 0.750. The molecule has 0 amide bonds. The second-order valence-corrected chi connectivity index (χ2v) is 5.57. The molecule has 2 unspecified atom stereocenters. The highest BCUT2D eigenvalue weighted by Gasteiger charge is 2.46. The van der Waals surface area contributed by atoms with Crippen LogP contribution in [-0.4, -0.2) is 80.0 Å². The third kappa shape index (κ3) is 4.32. The minimum absolute atomic E-state index is 0.0879. The molecule has 136 valence electrons. The van der Waals surface area contributed by atoms with Gasteiger partial charge in [0.25, 0.3) is 0 Å². The van der Waals surface area contributed by atoms with Gasteiger partial charge < -0.3 is 36.3 Å². The van der Waals surface area contributed by atoms with Crippen LogP contribution in [0.4, 0.5) is 0 Å². The van der Waals surface area contributed by atoms with E-state index in [4.69, 9.17) is 32.5 Å². The molecule has 5 atom stereocenters. The molecule has 0 aliphatic carbocycles. The van der Waals surface area contributed by atoms with E-state index in [0.717, 1.165) is 0 Å². The van der Waals surface area contributed by atoms with Gasteiger partial charge in [-0.2, -0.15) is 0 Å². The maximum Gasteiger partial charge on any atom is 0.186 e. The first kappa shape index (κ1) is 18.8. The second-order valence-electron chi connectivity index (χ2n) is 5.19. The molecule has 1 aliphatic rings. The number of halogens is 1. The van der Waals surface area contributed by atoms with Crippen LogP contribution in [0.25, 0.3) is 0 Å². The summed E-state index contributed by atoms with van der Waals surface area (Å²) >= 11 is 5.61. The quantitative estimate of drug-likeness (QED) is 0.195. The number of rotatable bonds is 7.